The van der Waals surface area contributed by atoms with Crippen LogP contribution in [0.1, 0.15) is 27.3 Å². The fourth-order valence-electron chi connectivity index (χ4n) is 2.92. The molecular formula is C22H16F3N5O. The van der Waals surface area contributed by atoms with Gasteiger partial charge in [-0.2, -0.15) is 13.2 Å². The predicted molar refractivity (Wildman–Crippen MR) is 108 cm³/mol. The molecule has 0 amide bonds. The Bertz CT molecular complexity index is 1190. The highest BCUT2D eigenvalue weighted by molar-refractivity contribution is 6.09. The second kappa shape index (κ2) is 8.39. The van der Waals surface area contributed by atoms with Crippen LogP contribution in [0.2, 0.25) is 0 Å². The van der Waals surface area contributed by atoms with E-state index in [-0.39, 0.29) is 18.0 Å². The lowest BCUT2D eigenvalue weighted by atomic mass is 10.0. The molecule has 0 atom stereocenters. The summed E-state index contributed by atoms with van der Waals surface area (Å²) in [5.74, 6) is -0.0776. The number of rotatable bonds is 6. The Morgan fingerprint density at radius 3 is 2.39 bits per heavy atom. The van der Waals surface area contributed by atoms with Gasteiger partial charge in [0.1, 0.15) is 11.4 Å². The molecule has 2 heterocycles. The zero-order valence-corrected chi connectivity index (χ0v) is 16.0. The molecule has 4 rings (SSSR count). The number of alkyl halides is 3. The van der Waals surface area contributed by atoms with Gasteiger partial charge in [0.05, 0.1) is 18.4 Å². The summed E-state index contributed by atoms with van der Waals surface area (Å²) < 4.78 is 39.8. The predicted octanol–water partition coefficient (Wildman–Crippen LogP) is 4.52. The molecular weight excluding hydrogens is 407 g/mol. The zero-order chi connectivity index (χ0) is 21.8. The normalized spacial score (nSPS) is 11.3. The molecule has 6 nitrogen and oxygen atoms in total. The first-order chi connectivity index (χ1) is 14.9. The largest absolute Gasteiger partial charge is 0.433 e. The van der Waals surface area contributed by atoms with Gasteiger partial charge in [-0.15, -0.1) is 5.10 Å². The Hall–Kier alpha value is -4.01. The van der Waals surface area contributed by atoms with E-state index in [0.717, 1.165) is 12.3 Å². The molecule has 0 fully saturated rings. The number of anilines is 1. The van der Waals surface area contributed by atoms with Crippen molar-refractivity contribution in [2.24, 2.45) is 0 Å². The number of pyridine rings is 1. The maximum Gasteiger partial charge on any atom is 0.433 e. The molecule has 4 aromatic rings. The van der Waals surface area contributed by atoms with Crippen LogP contribution in [0.3, 0.4) is 0 Å². The Morgan fingerprint density at radius 1 is 0.968 bits per heavy atom. The quantitative estimate of drug-likeness (QED) is 0.462. The molecule has 0 saturated carbocycles. The molecule has 0 spiro atoms. The number of hydrogen-bond acceptors (Lipinski definition) is 5. The Balaban J connectivity index is 1.43. The van der Waals surface area contributed by atoms with Gasteiger partial charge >= 0.3 is 6.18 Å². The van der Waals surface area contributed by atoms with Crippen LogP contribution in [0.25, 0.3) is 5.69 Å². The maximum atomic E-state index is 12.8. The second-order valence-corrected chi connectivity index (χ2v) is 6.68. The van der Waals surface area contributed by atoms with Crippen molar-refractivity contribution in [3.05, 3.63) is 102 Å². The smallest absolute Gasteiger partial charge is 0.379 e. The van der Waals surface area contributed by atoms with Gasteiger partial charge in [-0.1, -0.05) is 35.5 Å². The third kappa shape index (κ3) is 4.77. The second-order valence-electron chi connectivity index (χ2n) is 6.68. The number of halogens is 3. The molecule has 31 heavy (non-hydrogen) atoms. The van der Waals surface area contributed by atoms with E-state index in [4.69, 9.17) is 0 Å². The van der Waals surface area contributed by atoms with E-state index in [1.165, 1.54) is 10.7 Å². The molecule has 0 bridgehead atoms. The molecule has 1 N–H and O–H groups in total. The van der Waals surface area contributed by atoms with Gasteiger partial charge in [-0.25, -0.2) is 4.68 Å². The van der Waals surface area contributed by atoms with Gasteiger partial charge in [0.15, 0.2) is 5.78 Å². The van der Waals surface area contributed by atoms with E-state index >= 15 is 0 Å². The standard InChI is InChI=1S/C22H16F3N5O/c23-22(24,25)20-12-17(10-11-26-20)27-13-18-14-30(29-28-18)19-8-6-16(7-9-19)21(31)15-4-2-1-3-5-15/h1-12,14H,13H2,(H,26,27). The number of hydrogen-bond donors (Lipinski definition) is 1. The summed E-state index contributed by atoms with van der Waals surface area (Å²) in [6, 6.07) is 18.3. The Labute approximate surface area is 175 Å². The first-order valence-corrected chi connectivity index (χ1v) is 9.29. The number of nitrogens with zero attached hydrogens (tertiary/aromatic N) is 4. The van der Waals surface area contributed by atoms with Gasteiger partial charge in [-0.05, 0) is 36.4 Å². The molecule has 156 valence electrons. The van der Waals surface area contributed by atoms with Crippen molar-refractivity contribution < 1.29 is 18.0 Å². The molecule has 0 saturated heterocycles. The minimum absolute atomic E-state index is 0.0776. The van der Waals surface area contributed by atoms with Crippen LogP contribution >= 0.6 is 0 Å². The van der Waals surface area contributed by atoms with Crippen molar-refractivity contribution in [2.75, 3.05) is 5.32 Å². The summed E-state index contributed by atoms with van der Waals surface area (Å²) in [4.78, 5) is 15.8. The summed E-state index contributed by atoms with van der Waals surface area (Å²) >= 11 is 0. The van der Waals surface area contributed by atoms with Gasteiger partial charge in [-0.3, -0.25) is 9.78 Å². The summed E-state index contributed by atoms with van der Waals surface area (Å²) in [6.07, 6.45) is -1.75. The van der Waals surface area contributed by atoms with Gasteiger partial charge in [0.2, 0.25) is 0 Å². The molecule has 9 heteroatoms. The van der Waals surface area contributed by atoms with Crippen molar-refractivity contribution in [1.29, 1.82) is 0 Å². The van der Waals surface area contributed by atoms with E-state index in [1.54, 1.807) is 42.6 Å². The Morgan fingerprint density at radius 2 is 1.68 bits per heavy atom. The summed E-state index contributed by atoms with van der Waals surface area (Å²) in [5, 5.41) is 10.9. The highest BCUT2D eigenvalue weighted by atomic mass is 19.4. The third-order valence-electron chi connectivity index (χ3n) is 4.49. The van der Waals surface area contributed by atoms with Gasteiger partial charge in [0.25, 0.3) is 0 Å². The average Bonchev–Trinajstić information content (AvgIpc) is 3.27. The average molecular weight is 423 g/mol. The van der Waals surface area contributed by atoms with Gasteiger partial charge < -0.3 is 5.32 Å². The van der Waals surface area contributed by atoms with Crippen molar-refractivity contribution in [3.63, 3.8) is 0 Å². The summed E-state index contributed by atoms with van der Waals surface area (Å²) in [6.45, 7) is 0.186. The molecule has 0 aliphatic carbocycles. The highest BCUT2D eigenvalue weighted by Crippen LogP contribution is 2.28. The number of carbonyl (C=O) groups is 1. The van der Waals surface area contributed by atoms with Crippen molar-refractivity contribution in [2.45, 2.75) is 12.7 Å². The number of carbonyl (C=O) groups excluding carboxylic acids is 1. The lowest BCUT2D eigenvalue weighted by molar-refractivity contribution is -0.141. The molecule has 0 aliphatic heterocycles. The van der Waals surface area contributed by atoms with Crippen LogP contribution < -0.4 is 5.32 Å². The van der Waals surface area contributed by atoms with Crippen LogP contribution in [-0.2, 0) is 12.7 Å². The van der Waals surface area contributed by atoms with Gasteiger partial charge in [0, 0.05) is 23.0 Å². The SMILES string of the molecule is O=C(c1ccccc1)c1ccc(-n2cc(CNc3ccnc(C(F)(F)F)c3)nn2)cc1. The minimum atomic E-state index is -4.51. The van der Waals surface area contributed by atoms with Crippen molar-refractivity contribution in [3.8, 4) is 5.69 Å². The van der Waals surface area contributed by atoms with Crippen molar-refractivity contribution in [1.82, 2.24) is 20.0 Å². The van der Waals surface area contributed by atoms with Crippen molar-refractivity contribution >= 4 is 11.5 Å². The lowest BCUT2D eigenvalue weighted by Crippen LogP contribution is -2.09. The first kappa shape index (κ1) is 20.3. The molecule has 0 aliphatic rings. The van der Waals surface area contributed by atoms with E-state index in [2.05, 4.69) is 20.6 Å². The molecule has 0 radical (unpaired) electrons. The first-order valence-electron chi connectivity index (χ1n) is 9.29. The highest BCUT2D eigenvalue weighted by Gasteiger charge is 2.32. The summed E-state index contributed by atoms with van der Waals surface area (Å²) in [7, 11) is 0. The number of benzene rings is 2. The van der Waals surface area contributed by atoms with Crippen LogP contribution in [0, 0.1) is 0 Å². The lowest BCUT2D eigenvalue weighted by Gasteiger charge is -2.08. The van der Waals surface area contributed by atoms with E-state index in [1.807, 2.05) is 18.2 Å². The fourth-order valence-corrected chi connectivity index (χ4v) is 2.92. The topological polar surface area (TPSA) is 72.7 Å². The molecule has 2 aromatic heterocycles. The zero-order valence-electron chi connectivity index (χ0n) is 16.0. The fraction of sp³-hybridized carbons (Fsp3) is 0.0909. The van der Waals surface area contributed by atoms with E-state index in [0.29, 0.717) is 22.5 Å². The van der Waals surface area contributed by atoms with Crippen LogP contribution in [0.5, 0.6) is 0 Å². The molecule has 2 aromatic carbocycles. The maximum absolute atomic E-state index is 12.8. The summed E-state index contributed by atoms with van der Waals surface area (Å²) in [5.41, 5.74) is 1.71. The third-order valence-corrected chi connectivity index (χ3v) is 4.49. The molecule has 0 unspecified atom stereocenters. The van der Waals surface area contributed by atoms with E-state index in [9.17, 15) is 18.0 Å². The monoisotopic (exact) mass is 423 g/mol. The number of aromatic nitrogens is 4. The van der Waals surface area contributed by atoms with E-state index < -0.39 is 11.9 Å². The Kier molecular flexibility index (Phi) is 5.48. The van der Waals surface area contributed by atoms with Crippen LogP contribution in [0.4, 0.5) is 18.9 Å². The van der Waals surface area contributed by atoms with Crippen LogP contribution in [-0.4, -0.2) is 25.8 Å². The van der Waals surface area contributed by atoms with Crippen LogP contribution in [0.15, 0.2) is 79.1 Å². The minimum Gasteiger partial charge on any atom is -0.379 e. The number of ketones is 1. The number of nitrogens with one attached hydrogen (secondary N) is 1.